The van der Waals surface area contributed by atoms with Crippen LogP contribution in [0.2, 0.25) is 0 Å². The Morgan fingerprint density at radius 3 is 2.24 bits per heavy atom. The van der Waals surface area contributed by atoms with Crippen molar-refractivity contribution < 1.29 is 19.1 Å². The minimum atomic E-state index is -0.727. The van der Waals surface area contributed by atoms with E-state index in [0.29, 0.717) is 33.8 Å². The third kappa shape index (κ3) is 3.48. The summed E-state index contributed by atoms with van der Waals surface area (Å²) in [7, 11) is 1.60. The fraction of sp³-hybridized carbons (Fsp3) is 0.179. The van der Waals surface area contributed by atoms with Gasteiger partial charge in [-0.1, -0.05) is 48.5 Å². The van der Waals surface area contributed by atoms with Crippen molar-refractivity contribution in [3.8, 4) is 16.9 Å². The highest BCUT2D eigenvalue weighted by Crippen LogP contribution is 2.42. The van der Waals surface area contributed by atoms with E-state index in [0.717, 1.165) is 10.9 Å². The number of aliphatic imine (C=N–C) groups is 1. The molecule has 5 rings (SSSR count). The maximum Gasteiger partial charge on any atom is 0.419 e. The lowest BCUT2D eigenvalue weighted by atomic mass is 9.97. The van der Waals surface area contributed by atoms with Crippen molar-refractivity contribution in [2.75, 3.05) is 7.11 Å². The molecule has 3 aromatic carbocycles. The fourth-order valence-corrected chi connectivity index (χ4v) is 4.31. The molecule has 6 heteroatoms. The second-order valence-electron chi connectivity index (χ2n) is 9.06. The molecule has 0 fully saturated rings. The van der Waals surface area contributed by atoms with Gasteiger partial charge in [-0.25, -0.2) is 14.4 Å². The molecule has 0 saturated heterocycles. The van der Waals surface area contributed by atoms with Crippen LogP contribution in [0.3, 0.4) is 0 Å². The molecule has 0 bridgehead atoms. The van der Waals surface area contributed by atoms with Crippen molar-refractivity contribution in [1.29, 1.82) is 0 Å². The van der Waals surface area contributed by atoms with Crippen LogP contribution in [0.15, 0.2) is 77.8 Å². The van der Waals surface area contributed by atoms with Gasteiger partial charge in [0.15, 0.2) is 0 Å². The SMILES string of the molecule is COc1ccccc1-c1c(C2=Nc3ccccc3C2=O)n(C(=O)OC(C)(C)C)c2ccccc12. The number of methoxy groups -OCH3 is 1. The highest BCUT2D eigenvalue weighted by molar-refractivity contribution is 6.56. The third-order valence-electron chi connectivity index (χ3n) is 5.65. The highest BCUT2D eigenvalue weighted by Gasteiger charge is 2.35. The predicted octanol–water partition coefficient (Wildman–Crippen LogP) is 6.42. The van der Waals surface area contributed by atoms with Crippen LogP contribution >= 0.6 is 0 Å². The molecule has 1 aliphatic heterocycles. The maximum absolute atomic E-state index is 13.6. The second-order valence-corrected chi connectivity index (χ2v) is 9.06. The minimum Gasteiger partial charge on any atom is -0.496 e. The Balaban J connectivity index is 1.89. The molecule has 0 spiro atoms. The summed E-state index contributed by atoms with van der Waals surface area (Å²) >= 11 is 0. The van der Waals surface area contributed by atoms with E-state index >= 15 is 0 Å². The number of para-hydroxylation sites is 3. The number of hydrogen-bond donors (Lipinski definition) is 0. The zero-order valence-electron chi connectivity index (χ0n) is 19.5. The average Bonchev–Trinajstić information content (AvgIpc) is 3.33. The Morgan fingerprint density at radius 1 is 0.882 bits per heavy atom. The normalized spacial score (nSPS) is 13.1. The molecule has 0 N–H and O–H groups in total. The van der Waals surface area contributed by atoms with Crippen LogP contribution in [0.4, 0.5) is 10.5 Å². The molecule has 0 amide bonds. The molecule has 0 unspecified atom stereocenters. The smallest absolute Gasteiger partial charge is 0.419 e. The van der Waals surface area contributed by atoms with Crippen molar-refractivity contribution in [3.05, 3.63) is 84.1 Å². The number of ether oxygens (including phenoxy) is 2. The molecule has 1 aromatic heterocycles. The van der Waals surface area contributed by atoms with Crippen LogP contribution in [-0.4, -0.2) is 34.9 Å². The number of hydrogen-bond acceptors (Lipinski definition) is 5. The van der Waals surface area contributed by atoms with Gasteiger partial charge in [0, 0.05) is 22.1 Å². The van der Waals surface area contributed by atoms with Crippen molar-refractivity contribution in [3.63, 3.8) is 0 Å². The number of benzene rings is 3. The number of ketones is 1. The maximum atomic E-state index is 13.6. The van der Waals surface area contributed by atoms with Gasteiger partial charge in [0.25, 0.3) is 0 Å². The number of nitrogens with zero attached hydrogens (tertiary/aromatic N) is 2. The van der Waals surface area contributed by atoms with E-state index in [1.54, 1.807) is 25.3 Å². The molecule has 170 valence electrons. The van der Waals surface area contributed by atoms with Crippen molar-refractivity contribution in [1.82, 2.24) is 4.57 Å². The lowest BCUT2D eigenvalue weighted by molar-refractivity contribution is 0.0544. The van der Waals surface area contributed by atoms with Crippen molar-refractivity contribution in [2.24, 2.45) is 4.99 Å². The third-order valence-corrected chi connectivity index (χ3v) is 5.65. The first-order chi connectivity index (χ1) is 16.3. The molecule has 34 heavy (non-hydrogen) atoms. The van der Waals surface area contributed by atoms with E-state index < -0.39 is 11.7 Å². The largest absolute Gasteiger partial charge is 0.496 e. The molecule has 1 aliphatic rings. The summed E-state index contributed by atoms with van der Waals surface area (Å²) in [4.78, 5) is 31.8. The fourth-order valence-electron chi connectivity index (χ4n) is 4.31. The standard InChI is InChI=1S/C28H24N2O4/c1-28(2,3)34-27(32)30-21-15-9-6-12-18(21)23(19-13-7-10-16-22(19)33-4)25(30)24-26(31)17-11-5-8-14-20(17)29-24/h5-16H,1-4H3. The van der Waals surface area contributed by atoms with Crippen LogP contribution in [0.5, 0.6) is 5.75 Å². The first-order valence-corrected chi connectivity index (χ1v) is 11.0. The first-order valence-electron chi connectivity index (χ1n) is 11.0. The Bertz CT molecular complexity index is 1490. The molecular weight excluding hydrogens is 428 g/mol. The molecule has 0 atom stereocenters. The van der Waals surface area contributed by atoms with Crippen LogP contribution in [-0.2, 0) is 4.74 Å². The van der Waals surface area contributed by atoms with E-state index in [1.807, 2.05) is 75.4 Å². The van der Waals surface area contributed by atoms with Crippen LogP contribution in [0.1, 0.15) is 36.8 Å². The zero-order chi connectivity index (χ0) is 24.0. The molecule has 6 nitrogen and oxygen atoms in total. The minimum absolute atomic E-state index is 0.198. The van der Waals surface area contributed by atoms with E-state index in [1.165, 1.54) is 4.57 Å². The van der Waals surface area contributed by atoms with Crippen molar-refractivity contribution >= 4 is 34.2 Å². The molecule has 0 saturated carbocycles. The number of rotatable bonds is 3. The number of Topliss-reactive ketones (excluding diaryl/α,β-unsaturated/α-hetero) is 1. The summed E-state index contributed by atoms with van der Waals surface area (Å²) in [5.41, 5.74) is 3.02. The lowest BCUT2D eigenvalue weighted by Gasteiger charge is -2.21. The number of carbonyl (C=O) groups is 2. The molecule has 2 heterocycles. The van der Waals surface area contributed by atoms with Gasteiger partial charge >= 0.3 is 6.09 Å². The van der Waals surface area contributed by atoms with Gasteiger partial charge < -0.3 is 9.47 Å². The van der Waals surface area contributed by atoms with Gasteiger partial charge in [0.2, 0.25) is 5.78 Å². The van der Waals surface area contributed by atoms with Crippen molar-refractivity contribution in [2.45, 2.75) is 26.4 Å². The molecule has 4 aromatic rings. The Kier molecular flexibility index (Phi) is 5.09. The van der Waals surface area contributed by atoms with Crippen LogP contribution in [0, 0.1) is 0 Å². The summed E-state index contributed by atoms with van der Waals surface area (Å²) in [6, 6.07) is 22.2. The first kappa shape index (κ1) is 21.6. The van der Waals surface area contributed by atoms with Crippen LogP contribution in [0.25, 0.3) is 22.0 Å². The zero-order valence-corrected chi connectivity index (χ0v) is 19.5. The molecule has 0 aliphatic carbocycles. The van der Waals surface area contributed by atoms with Gasteiger partial charge in [0.05, 0.1) is 24.0 Å². The van der Waals surface area contributed by atoms with E-state index in [2.05, 4.69) is 4.99 Å². The van der Waals surface area contributed by atoms with Gasteiger partial charge in [-0.15, -0.1) is 0 Å². The van der Waals surface area contributed by atoms with E-state index in [4.69, 9.17) is 9.47 Å². The van der Waals surface area contributed by atoms with Gasteiger partial charge in [-0.2, -0.15) is 0 Å². The van der Waals surface area contributed by atoms with Crippen LogP contribution < -0.4 is 4.74 Å². The summed E-state index contributed by atoms with van der Waals surface area (Å²) in [5.74, 6) is 0.388. The number of carbonyl (C=O) groups excluding carboxylic acids is 2. The monoisotopic (exact) mass is 452 g/mol. The number of fused-ring (bicyclic) bond motifs is 2. The van der Waals surface area contributed by atoms with Gasteiger partial charge in [0.1, 0.15) is 17.1 Å². The highest BCUT2D eigenvalue weighted by atomic mass is 16.6. The number of aromatic nitrogens is 1. The average molecular weight is 453 g/mol. The Hall–Kier alpha value is -4.19. The second kappa shape index (κ2) is 7.99. The lowest BCUT2D eigenvalue weighted by Crippen LogP contribution is -2.30. The summed E-state index contributed by atoms with van der Waals surface area (Å²) in [6.45, 7) is 5.43. The topological polar surface area (TPSA) is 69.9 Å². The quantitative estimate of drug-likeness (QED) is 0.360. The van der Waals surface area contributed by atoms with Gasteiger partial charge in [-0.05, 0) is 45.0 Å². The Labute approximate surface area is 197 Å². The summed E-state index contributed by atoms with van der Waals surface area (Å²) < 4.78 is 12.9. The predicted molar refractivity (Wildman–Crippen MR) is 133 cm³/mol. The molecular formula is C28H24N2O4. The van der Waals surface area contributed by atoms with E-state index in [9.17, 15) is 9.59 Å². The summed E-state index contributed by atoms with van der Waals surface area (Å²) in [5, 5.41) is 0.791. The Morgan fingerprint density at radius 2 is 1.53 bits per heavy atom. The van der Waals surface area contributed by atoms with Gasteiger partial charge in [-0.3, -0.25) is 4.79 Å². The van der Waals surface area contributed by atoms with E-state index in [-0.39, 0.29) is 11.5 Å². The molecule has 0 radical (unpaired) electrons. The summed E-state index contributed by atoms with van der Waals surface area (Å²) in [6.07, 6.45) is -0.577.